The molecule has 0 aliphatic heterocycles. The van der Waals surface area contributed by atoms with Crippen LogP contribution in [-0.4, -0.2) is 0 Å². The van der Waals surface area contributed by atoms with Crippen LogP contribution in [0.1, 0.15) is 51.3 Å². The molecule has 2 heteroatoms. The van der Waals surface area contributed by atoms with E-state index in [4.69, 9.17) is 4.42 Å². The van der Waals surface area contributed by atoms with Crippen molar-refractivity contribution in [3.8, 4) is 33.4 Å². The van der Waals surface area contributed by atoms with E-state index in [0.29, 0.717) is 0 Å². The van der Waals surface area contributed by atoms with E-state index in [1.165, 1.54) is 66.5 Å². The van der Waals surface area contributed by atoms with Gasteiger partial charge in [0.05, 0.1) is 5.69 Å². The van der Waals surface area contributed by atoms with E-state index >= 15 is 0 Å². The van der Waals surface area contributed by atoms with Crippen molar-refractivity contribution in [2.75, 3.05) is 4.90 Å². The summed E-state index contributed by atoms with van der Waals surface area (Å²) in [5.74, 6) is 0. The Kier molecular flexibility index (Phi) is 7.09. The molecule has 1 aliphatic carbocycles. The molecule has 0 atom stereocenters. The largest absolute Gasteiger partial charge is 0.455 e. The smallest absolute Gasteiger partial charge is 0.143 e. The molecule has 0 amide bonds. The molecule has 9 rings (SSSR count). The van der Waals surface area contributed by atoms with Crippen LogP contribution in [-0.2, 0) is 10.8 Å². The van der Waals surface area contributed by atoms with Gasteiger partial charge >= 0.3 is 0 Å². The van der Waals surface area contributed by atoms with Crippen molar-refractivity contribution < 1.29 is 4.42 Å². The lowest BCUT2D eigenvalue weighted by molar-refractivity contribution is 0.590. The Bertz CT molecular complexity index is 2470. The number of furan rings is 1. The average Bonchev–Trinajstić information content (AvgIpc) is 3.64. The number of fused-ring (bicyclic) bond motifs is 7. The summed E-state index contributed by atoms with van der Waals surface area (Å²) in [4.78, 5) is 2.43. The van der Waals surface area contributed by atoms with Gasteiger partial charge in [-0.25, -0.2) is 0 Å². The molecule has 0 N–H and O–H groups in total. The van der Waals surface area contributed by atoms with Crippen molar-refractivity contribution in [1.82, 2.24) is 0 Å². The number of hydrogen-bond acceptors (Lipinski definition) is 2. The van der Waals surface area contributed by atoms with Crippen molar-refractivity contribution >= 4 is 39.0 Å². The third-order valence-corrected chi connectivity index (χ3v) is 10.8. The van der Waals surface area contributed by atoms with Gasteiger partial charge in [0.15, 0.2) is 0 Å². The zero-order valence-electron chi connectivity index (χ0n) is 29.9. The van der Waals surface area contributed by atoms with E-state index in [9.17, 15) is 0 Å². The third-order valence-electron chi connectivity index (χ3n) is 10.8. The Morgan fingerprint density at radius 2 is 1.10 bits per heavy atom. The molecular formula is C49H41NO. The maximum absolute atomic E-state index is 6.78. The molecule has 248 valence electrons. The van der Waals surface area contributed by atoms with Crippen LogP contribution in [0.5, 0.6) is 0 Å². The standard InChI is InChI=1S/C49H41NO/c1-48(2,3)36-23-30-44-41(31-36)39-28-29-42-45(47(39)51-44)40-17-12-18-43(46(40)49(42,4)5)50(37-24-19-34(20-25-37)32-13-8-6-9-14-32)38-26-21-35(22-27-38)33-15-10-7-11-16-33/h6-31H,1-5H3. The van der Waals surface area contributed by atoms with Crippen molar-refractivity contribution in [1.29, 1.82) is 0 Å². The average molecular weight is 660 g/mol. The van der Waals surface area contributed by atoms with Gasteiger partial charge in [-0.1, -0.05) is 150 Å². The van der Waals surface area contributed by atoms with Crippen LogP contribution in [0.15, 0.2) is 162 Å². The minimum atomic E-state index is -0.267. The van der Waals surface area contributed by atoms with Gasteiger partial charge in [-0.15, -0.1) is 0 Å². The Labute approximate surface area is 300 Å². The number of nitrogens with zero attached hydrogens (tertiary/aromatic N) is 1. The van der Waals surface area contributed by atoms with Crippen LogP contribution in [0.25, 0.3) is 55.3 Å². The minimum Gasteiger partial charge on any atom is -0.455 e. The van der Waals surface area contributed by atoms with Crippen LogP contribution >= 0.6 is 0 Å². The Morgan fingerprint density at radius 1 is 0.529 bits per heavy atom. The van der Waals surface area contributed by atoms with Gasteiger partial charge < -0.3 is 9.32 Å². The molecule has 0 radical (unpaired) electrons. The number of rotatable bonds is 5. The summed E-state index contributed by atoms with van der Waals surface area (Å²) in [5.41, 5.74) is 16.3. The molecule has 8 aromatic rings. The topological polar surface area (TPSA) is 16.4 Å². The fraction of sp³-hybridized carbons (Fsp3) is 0.143. The lowest BCUT2D eigenvalue weighted by atomic mass is 9.81. The number of benzene rings is 7. The molecule has 0 unspecified atom stereocenters. The van der Waals surface area contributed by atoms with E-state index in [1.807, 2.05) is 0 Å². The number of anilines is 3. The second-order valence-corrected chi connectivity index (χ2v) is 15.4. The second-order valence-electron chi connectivity index (χ2n) is 15.4. The maximum Gasteiger partial charge on any atom is 0.143 e. The van der Waals surface area contributed by atoms with E-state index in [-0.39, 0.29) is 10.8 Å². The zero-order chi connectivity index (χ0) is 34.9. The molecular weight excluding hydrogens is 619 g/mol. The lowest BCUT2D eigenvalue weighted by Gasteiger charge is -2.32. The molecule has 1 heterocycles. The summed E-state index contributed by atoms with van der Waals surface area (Å²) in [7, 11) is 0. The van der Waals surface area contributed by atoms with Crippen molar-refractivity contribution in [2.45, 2.75) is 45.4 Å². The summed E-state index contributed by atoms with van der Waals surface area (Å²) >= 11 is 0. The SMILES string of the molecule is CC(C)(C)c1ccc2oc3c4c(ccc3c2c1)C(C)(C)c1c-4cccc1N(c1ccc(-c2ccccc2)cc1)c1ccc(-c2ccccc2)cc1. The molecule has 1 aromatic heterocycles. The van der Waals surface area contributed by atoms with Crippen LogP contribution in [0, 0.1) is 0 Å². The first kappa shape index (κ1) is 31.1. The normalized spacial score (nSPS) is 13.4. The third kappa shape index (κ3) is 5.09. The van der Waals surface area contributed by atoms with Gasteiger partial charge in [0.1, 0.15) is 11.2 Å². The molecule has 0 bridgehead atoms. The van der Waals surface area contributed by atoms with Gasteiger partial charge in [-0.2, -0.15) is 0 Å². The summed E-state index contributed by atoms with van der Waals surface area (Å²) in [6.45, 7) is 11.5. The molecule has 2 nitrogen and oxygen atoms in total. The van der Waals surface area contributed by atoms with E-state index in [0.717, 1.165) is 22.5 Å². The first-order valence-electron chi connectivity index (χ1n) is 17.9. The molecule has 0 saturated carbocycles. The molecule has 0 saturated heterocycles. The highest BCUT2D eigenvalue weighted by atomic mass is 16.3. The highest BCUT2D eigenvalue weighted by molar-refractivity contribution is 6.12. The van der Waals surface area contributed by atoms with Crippen molar-refractivity contribution in [3.63, 3.8) is 0 Å². The van der Waals surface area contributed by atoms with Crippen LogP contribution in [0.2, 0.25) is 0 Å². The van der Waals surface area contributed by atoms with Gasteiger partial charge in [0.25, 0.3) is 0 Å². The fourth-order valence-electron chi connectivity index (χ4n) is 8.12. The van der Waals surface area contributed by atoms with Crippen LogP contribution in [0.4, 0.5) is 17.1 Å². The predicted molar refractivity (Wildman–Crippen MR) is 216 cm³/mol. The Hall–Kier alpha value is -5.86. The summed E-state index contributed by atoms with van der Waals surface area (Å²) in [6, 6.07) is 57.3. The molecule has 51 heavy (non-hydrogen) atoms. The first-order chi connectivity index (χ1) is 24.7. The fourth-order valence-corrected chi connectivity index (χ4v) is 8.12. The summed E-state index contributed by atoms with van der Waals surface area (Å²) < 4.78 is 6.78. The summed E-state index contributed by atoms with van der Waals surface area (Å²) in [6.07, 6.45) is 0. The van der Waals surface area contributed by atoms with Gasteiger partial charge in [0.2, 0.25) is 0 Å². The minimum absolute atomic E-state index is 0.0556. The maximum atomic E-state index is 6.78. The first-order valence-corrected chi connectivity index (χ1v) is 17.9. The number of hydrogen-bond donors (Lipinski definition) is 0. The zero-order valence-corrected chi connectivity index (χ0v) is 29.9. The highest BCUT2D eigenvalue weighted by Crippen LogP contribution is 2.57. The highest BCUT2D eigenvalue weighted by Gasteiger charge is 2.41. The lowest BCUT2D eigenvalue weighted by Crippen LogP contribution is -2.20. The van der Waals surface area contributed by atoms with Gasteiger partial charge in [-0.3, -0.25) is 0 Å². The molecule has 0 spiro atoms. The quantitative estimate of drug-likeness (QED) is 0.183. The molecule has 1 aliphatic rings. The molecule has 7 aromatic carbocycles. The monoisotopic (exact) mass is 659 g/mol. The Morgan fingerprint density at radius 3 is 1.67 bits per heavy atom. The predicted octanol–water partition coefficient (Wildman–Crippen LogP) is 14.0. The second kappa shape index (κ2) is 11.6. The van der Waals surface area contributed by atoms with E-state index < -0.39 is 0 Å². The summed E-state index contributed by atoms with van der Waals surface area (Å²) in [5, 5.41) is 2.36. The van der Waals surface area contributed by atoms with Crippen LogP contribution < -0.4 is 4.90 Å². The van der Waals surface area contributed by atoms with Gasteiger partial charge in [0, 0.05) is 33.1 Å². The van der Waals surface area contributed by atoms with E-state index in [1.54, 1.807) is 0 Å². The van der Waals surface area contributed by atoms with Crippen LogP contribution in [0.3, 0.4) is 0 Å². The molecule has 0 fully saturated rings. The Balaban J connectivity index is 1.24. The van der Waals surface area contributed by atoms with E-state index in [2.05, 4.69) is 197 Å². The van der Waals surface area contributed by atoms with Gasteiger partial charge in [-0.05, 0) is 92.4 Å². The van der Waals surface area contributed by atoms with Crippen molar-refractivity contribution in [3.05, 3.63) is 174 Å². The van der Waals surface area contributed by atoms with Crippen molar-refractivity contribution in [2.24, 2.45) is 0 Å².